The number of nitrogens with zero attached hydrogens (tertiary/aromatic N) is 7. The van der Waals surface area contributed by atoms with Gasteiger partial charge in [0.2, 0.25) is 0 Å². The van der Waals surface area contributed by atoms with Gasteiger partial charge in [-0.2, -0.15) is 15.5 Å². The number of aromatic nitrogens is 6. The summed E-state index contributed by atoms with van der Waals surface area (Å²) in [5.74, 6) is 0.577. The molecule has 3 aromatic rings. The monoisotopic (exact) mass is 299 g/mol. The first-order valence-corrected chi connectivity index (χ1v) is 6.52. The van der Waals surface area contributed by atoms with Crippen LogP contribution in [0.5, 0.6) is 0 Å². The van der Waals surface area contributed by atoms with E-state index in [0.29, 0.717) is 16.5 Å². The highest BCUT2D eigenvalue weighted by molar-refractivity contribution is 6.30. The summed E-state index contributed by atoms with van der Waals surface area (Å²) >= 11 is 6.14. The van der Waals surface area contributed by atoms with E-state index in [2.05, 4.69) is 26.3 Å². The standard InChI is InChI=1S/C13H10ClN7/c1-9-8-11(10(2-4-15)13(14)18-9)20-7-3-12(19-20)21-16-5-6-17-21/h3,5-8H,2H2,1H3. The lowest BCUT2D eigenvalue weighted by atomic mass is 10.1. The van der Waals surface area contributed by atoms with Gasteiger partial charge in [0.05, 0.1) is 30.6 Å². The number of pyridine rings is 1. The van der Waals surface area contributed by atoms with Crippen molar-refractivity contribution in [3.63, 3.8) is 0 Å². The summed E-state index contributed by atoms with van der Waals surface area (Å²) in [4.78, 5) is 5.59. The van der Waals surface area contributed by atoms with Crippen molar-refractivity contribution in [1.82, 2.24) is 29.8 Å². The van der Waals surface area contributed by atoms with Gasteiger partial charge in [0.25, 0.3) is 0 Å². The van der Waals surface area contributed by atoms with Crippen molar-refractivity contribution in [2.24, 2.45) is 0 Å². The normalized spacial score (nSPS) is 10.5. The maximum atomic E-state index is 8.95. The van der Waals surface area contributed by atoms with Gasteiger partial charge in [-0.1, -0.05) is 11.6 Å². The number of hydrogen-bond acceptors (Lipinski definition) is 5. The van der Waals surface area contributed by atoms with E-state index in [0.717, 1.165) is 11.4 Å². The highest BCUT2D eigenvalue weighted by atomic mass is 35.5. The second-order valence-electron chi connectivity index (χ2n) is 4.32. The molecule has 8 heteroatoms. The highest BCUT2D eigenvalue weighted by Gasteiger charge is 2.13. The lowest BCUT2D eigenvalue weighted by molar-refractivity contribution is 0.708. The molecule has 0 atom stereocenters. The third-order valence-corrected chi connectivity index (χ3v) is 3.19. The smallest absolute Gasteiger partial charge is 0.196 e. The van der Waals surface area contributed by atoms with Gasteiger partial charge < -0.3 is 0 Å². The van der Waals surface area contributed by atoms with Crippen molar-refractivity contribution in [3.05, 3.63) is 47.1 Å². The van der Waals surface area contributed by atoms with Gasteiger partial charge in [-0.3, -0.25) is 0 Å². The van der Waals surface area contributed by atoms with Gasteiger partial charge in [-0.05, 0) is 13.0 Å². The van der Waals surface area contributed by atoms with Gasteiger partial charge in [-0.15, -0.1) is 9.90 Å². The van der Waals surface area contributed by atoms with E-state index in [4.69, 9.17) is 16.9 Å². The fraction of sp³-hybridized carbons (Fsp3) is 0.154. The van der Waals surface area contributed by atoms with E-state index in [1.165, 1.54) is 4.80 Å². The number of aryl methyl sites for hydroxylation is 1. The summed E-state index contributed by atoms with van der Waals surface area (Å²) in [6.07, 6.45) is 5.09. The third kappa shape index (κ3) is 2.49. The molecule has 0 radical (unpaired) electrons. The third-order valence-electron chi connectivity index (χ3n) is 2.88. The van der Waals surface area contributed by atoms with Crippen LogP contribution in [-0.4, -0.2) is 29.8 Å². The maximum absolute atomic E-state index is 8.95. The topological polar surface area (TPSA) is 85.2 Å². The number of hydrogen-bond donors (Lipinski definition) is 0. The zero-order valence-corrected chi connectivity index (χ0v) is 11.9. The van der Waals surface area contributed by atoms with Crippen LogP contribution in [0, 0.1) is 18.3 Å². The number of rotatable bonds is 3. The zero-order valence-electron chi connectivity index (χ0n) is 11.1. The molecule has 0 aliphatic heterocycles. The minimum absolute atomic E-state index is 0.163. The number of nitriles is 1. The fourth-order valence-electron chi connectivity index (χ4n) is 1.98. The van der Waals surface area contributed by atoms with E-state index in [9.17, 15) is 0 Å². The molecular formula is C13H10ClN7. The molecule has 0 saturated carbocycles. The van der Waals surface area contributed by atoms with E-state index in [1.54, 1.807) is 29.3 Å². The second-order valence-corrected chi connectivity index (χ2v) is 4.68. The van der Waals surface area contributed by atoms with Crippen molar-refractivity contribution in [2.45, 2.75) is 13.3 Å². The van der Waals surface area contributed by atoms with Crippen molar-refractivity contribution in [3.8, 4) is 17.6 Å². The van der Waals surface area contributed by atoms with Crippen LogP contribution < -0.4 is 0 Å². The Kier molecular flexibility index (Phi) is 3.38. The van der Waals surface area contributed by atoms with Crippen LogP contribution >= 0.6 is 11.6 Å². The van der Waals surface area contributed by atoms with Gasteiger partial charge in [0, 0.05) is 23.5 Å². The van der Waals surface area contributed by atoms with Crippen molar-refractivity contribution < 1.29 is 0 Å². The molecule has 0 aliphatic carbocycles. The Morgan fingerprint density at radius 3 is 2.81 bits per heavy atom. The highest BCUT2D eigenvalue weighted by Crippen LogP contribution is 2.23. The largest absolute Gasteiger partial charge is 0.241 e. The predicted octanol–water partition coefficient (Wildman–Crippen LogP) is 1.88. The van der Waals surface area contributed by atoms with Crippen molar-refractivity contribution in [1.29, 1.82) is 5.26 Å². The molecule has 0 bridgehead atoms. The quantitative estimate of drug-likeness (QED) is 0.689. The minimum atomic E-state index is 0.163. The molecule has 104 valence electrons. The first-order valence-electron chi connectivity index (χ1n) is 6.15. The second kappa shape index (κ2) is 5.34. The van der Waals surface area contributed by atoms with Crippen LogP contribution in [0.2, 0.25) is 5.15 Å². The predicted molar refractivity (Wildman–Crippen MR) is 75.3 cm³/mol. The van der Waals surface area contributed by atoms with Gasteiger partial charge in [0.1, 0.15) is 5.15 Å². The summed E-state index contributed by atoms with van der Waals surface area (Å²) in [5, 5.41) is 21.7. The van der Waals surface area contributed by atoms with Crippen molar-refractivity contribution in [2.75, 3.05) is 0 Å². The first kappa shape index (κ1) is 13.3. The molecule has 3 heterocycles. The van der Waals surface area contributed by atoms with Crippen LogP contribution in [0.4, 0.5) is 0 Å². The Balaban J connectivity index is 2.10. The van der Waals surface area contributed by atoms with Crippen LogP contribution in [0.3, 0.4) is 0 Å². The Hall–Kier alpha value is -2.72. The van der Waals surface area contributed by atoms with Crippen LogP contribution in [-0.2, 0) is 6.42 Å². The Bertz CT molecular complexity index is 814. The zero-order chi connectivity index (χ0) is 14.8. The summed E-state index contributed by atoms with van der Waals surface area (Å²) in [7, 11) is 0. The molecule has 7 nitrogen and oxygen atoms in total. The Labute approximate surface area is 125 Å². The molecule has 3 aromatic heterocycles. The summed E-state index contributed by atoms with van der Waals surface area (Å²) in [6, 6.07) is 5.71. The van der Waals surface area contributed by atoms with E-state index < -0.39 is 0 Å². The molecule has 0 N–H and O–H groups in total. The Morgan fingerprint density at radius 1 is 1.33 bits per heavy atom. The molecule has 0 spiro atoms. The van der Waals surface area contributed by atoms with Crippen LogP contribution in [0.1, 0.15) is 11.3 Å². The minimum Gasteiger partial charge on any atom is -0.241 e. The molecule has 0 aliphatic rings. The average molecular weight is 300 g/mol. The first-order chi connectivity index (χ1) is 10.2. The van der Waals surface area contributed by atoms with Crippen molar-refractivity contribution >= 4 is 11.6 Å². The molecule has 3 rings (SSSR count). The summed E-state index contributed by atoms with van der Waals surface area (Å²) in [5.41, 5.74) is 2.13. The summed E-state index contributed by atoms with van der Waals surface area (Å²) in [6.45, 7) is 1.84. The molecule has 0 fully saturated rings. The number of halogens is 1. The fourth-order valence-corrected chi connectivity index (χ4v) is 2.28. The van der Waals surface area contributed by atoms with Gasteiger partial charge >= 0.3 is 0 Å². The molecular weight excluding hydrogens is 290 g/mol. The molecule has 0 aromatic carbocycles. The van der Waals surface area contributed by atoms with E-state index >= 15 is 0 Å². The molecule has 0 amide bonds. The lowest BCUT2D eigenvalue weighted by Gasteiger charge is -2.09. The molecule has 0 unspecified atom stereocenters. The Morgan fingerprint density at radius 2 is 2.10 bits per heavy atom. The SMILES string of the molecule is Cc1cc(-n2ccc(-n3nccn3)n2)c(CC#N)c(Cl)n1. The molecule has 21 heavy (non-hydrogen) atoms. The maximum Gasteiger partial charge on any atom is 0.196 e. The van der Waals surface area contributed by atoms with Gasteiger partial charge in [-0.25, -0.2) is 9.67 Å². The average Bonchev–Trinajstić information content (AvgIpc) is 3.10. The van der Waals surface area contributed by atoms with E-state index in [1.807, 2.05) is 13.0 Å². The van der Waals surface area contributed by atoms with E-state index in [-0.39, 0.29) is 6.42 Å². The summed E-state index contributed by atoms with van der Waals surface area (Å²) < 4.78 is 1.64. The molecule has 0 saturated heterocycles. The van der Waals surface area contributed by atoms with Gasteiger partial charge in [0.15, 0.2) is 5.82 Å². The lowest BCUT2D eigenvalue weighted by Crippen LogP contribution is -2.06. The van der Waals surface area contributed by atoms with Crippen LogP contribution in [0.15, 0.2) is 30.7 Å². The van der Waals surface area contributed by atoms with Crippen LogP contribution in [0.25, 0.3) is 11.5 Å².